The first-order chi connectivity index (χ1) is 11.8. The summed E-state index contributed by atoms with van der Waals surface area (Å²) in [4.78, 5) is 24.3. The Kier molecular flexibility index (Phi) is 6.79. The molecule has 0 unspecified atom stereocenters. The molecule has 3 heterocycles. The third kappa shape index (κ3) is 4.69. The maximum Gasteiger partial charge on any atom is 0.290 e. The molecule has 1 spiro atoms. The van der Waals surface area contributed by atoms with Gasteiger partial charge in [0.2, 0.25) is 5.91 Å². The van der Waals surface area contributed by atoms with Crippen LogP contribution in [0.1, 0.15) is 39.0 Å². The lowest BCUT2D eigenvalue weighted by Crippen LogP contribution is -2.64. The van der Waals surface area contributed by atoms with Crippen LogP contribution in [0.3, 0.4) is 0 Å². The van der Waals surface area contributed by atoms with Crippen LogP contribution >= 0.6 is 0 Å². The summed E-state index contributed by atoms with van der Waals surface area (Å²) < 4.78 is 5.90. The summed E-state index contributed by atoms with van der Waals surface area (Å²) in [6.07, 6.45) is 2.80. The van der Waals surface area contributed by atoms with E-state index in [1.165, 1.54) is 0 Å². The Morgan fingerprint density at radius 3 is 2.44 bits per heavy atom. The first kappa shape index (κ1) is 20.1. The highest BCUT2D eigenvalue weighted by atomic mass is 16.5. The molecular formula is C17H30N2O6. The number of aliphatic hydroxyl groups excluding tert-OH is 1. The summed E-state index contributed by atoms with van der Waals surface area (Å²) in [6.45, 7) is 6.21. The molecule has 25 heavy (non-hydrogen) atoms. The summed E-state index contributed by atoms with van der Waals surface area (Å²) in [5.41, 5.74) is -1.65. The highest BCUT2D eigenvalue weighted by Crippen LogP contribution is 2.39. The number of likely N-dealkylation sites (tertiary alicyclic amines) is 2. The Labute approximate surface area is 148 Å². The fraction of sp³-hybridized carbons (Fsp3) is 0.882. The van der Waals surface area contributed by atoms with Crippen LogP contribution in [0.5, 0.6) is 0 Å². The van der Waals surface area contributed by atoms with E-state index in [-0.39, 0.29) is 12.4 Å². The third-order valence-corrected chi connectivity index (χ3v) is 5.65. The van der Waals surface area contributed by atoms with E-state index in [1.54, 1.807) is 6.92 Å². The molecule has 8 heteroatoms. The van der Waals surface area contributed by atoms with Gasteiger partial charge in [0, 0.05) is 45.6 Å². The predicted molar refractivity (Wildman–Crippen MR) is 90.1 cm³/mol. The van der Waals surface area contributed by atoms with Gasteiger partial charge in [0.15, 0.2) is 0 Å². The van der Waals surface area contributed by atoms with Crippen LogP contribution in [-0.4, -0.2) is 94.1 Å². The first-order valence-corrected chi connectivity index (χ1v) is 8.97. The van der Waals surface area contributed by atoms with Crippen LogP contribution in [0.2, 0.25) is 0 Å². The summed E-state index contributed by atoms with van der Waals surface area (Å²) in [5.74, 6) is 0.274. The van der Waals surface area contributed by atoms with Gasteiger partial charge in [0.1, 0.15) is 6.10 Å². The summed E-state index contributed by atoms with van der Waals surface area (Å²) in [7, 11) is 0. The molecule has 0 radical (unpaired) electrons. The van der Waals surface area contributed by atoms with Crippen LogP contribution in [0, 0.1) is 0 Å². The van der Waals surface area contributed by atoms with Gasteiger partial charge in [-0.1, -0.05) is 0 Å². The minimum absolute atomic E-state index is 0.250. The smallest absolute Gasteiger partial charge is 0.290 e. The zero-order valence-corrected chi connectivity index (χ0v) is 14.9. The lowest BCUT2D eigenvalue weighted by molar-refractivity contribution is -0.246. The minimum Gasteiger partial charge on any atom is -0.483 e. The molecule has 3 saturated heterocycles. The van der Waals surface area contributed by atoms with Crippen LogP contribution < -0.4 is 0 Å². The van der Waals surface area contributed by atoms with Crippen molar-refractivity contribution in [3.8, 4) is 0 Å². The largest absolute Gasteiger partial charge is 0.483 e. The molecule has 3 rings (SSSR count). The van der Waals surface area contributed by atoms with Gasteiger partial charge in [0.05, 0.1) is 17.8 Å². The van der Waals surface area contributed by atoms with Crippen molar-refractivity contribution in [1.29, 1.82) is 0 Å². The summed E-state index contributed by atoms with van der Waals surface area (Å²) in [6, 6.07) is 0. The lowest BCUT2D eigenvalue weighted by atomic mass is 9.75. The predicted octanol–water partition coefficient (Wildman–Crippen LogP) is -0.324. The molecule has 3 fully saturated rings. The molecule has 144 valence electrons. The van der Waals surface area contributed by atoms with E-state index in [2.05, 4.69) is 4.90 Å². The summed E-state index contributed by atoms with van der Waals surface area (Å²) in [5, 5.41) is 27.7. The van der Waals surface area contributed by atoms with Crippen molar-refractivity contribution >= 4 is 12.4 Å². The fourth-order valence-corrected chi connectivity index (χ4v) is 4.02. The normalized spacial score (nSPS) is 32.4. The van der Waals surface area contributed by atoms with E-state index in [0.717, 1.165) is 52.0 Å². The Morgan fingerprint density at radius 2 is 1.88 bits per heavy atom. The number of piperidine rings is 1. The second-order valence-electron chi connectivity index (χ2n) is 7.35. The number of carbonyl (C=O) groups is 2. The van der Waals surface area contributed by atoms with Gasteiger partial charge < -0.3 is 29.9 Å². The van der Waals surface area contributed by atoms with Crippen LogP contribution in [0.25, 0.3) is 0 Å². The van der Waals surface area contributed by atoms with Gasteiger partial charge in [-0.2, -0.15) is 0 Å². The average Bonchev–Trinajstić information content (AvgIpc) is 2.98. The zero-order chi connectivity index (χ0) is 18.5. The van der Waals surface area contributed by atoms with Crippen molar-refractivity contribution in [3.05, 3.63) is 0 Å². The topological polar surface area (TPSA) is 111 Å². The maximum atomic E-state index is 11.6. The molecule has 3 aliphatic heterocycles. The Hall–Kier alpha value is -1.22. The fourth-order valence-electron chi connectivity index (χ4n) is 4.02. The maximum absolute atomic E-state index is 11.6. The second-order valence-corrected chi connectivity index (χ2v) is 7.35. The standard InChI is InChI=1S/C16H28N2O4.CH2O2/c1-15(21)6-12-22-16(14(15)20)4-8-17(9-5-16)10-11-18-7-2-3-13(18)19;2-1-3/h14,20-21H,2-12H2,1H3;1H,(H,2,3)/t14-,15+;/m0./s1. The highest BCUT2D eigenvalue weighted by Gasteiger charge is 2.52. The molecule has 3 aliphatic rings. The zero-order valence-electron chi connectivity index (χ0n) is 14.9. The number of nitrogens with zero attached hydrogens (tertiary/aromatic N) is 2. The van der Waals surface area contributed by atoms with Gasteiger partial charge in [-0.25, -0.2) is 0 Å². The van der Waals surface area contributed by atoms with Crippen molar-refractivity contribution in [2.24, 2.45) is 0 Å². The van der Waals surface area contributed by atoms with Crippen molar-refractivity contribution in [1.82, 2.24) is 9.80 Å². The number of carbonyl (C=O) groups excluding carboxylic acids is 1. The SMILES string of the molecule is C[C@@]1(O)CCOC2(CCN(CCN3CCCC3=O)CC2)[C@H]1O.O=CO. The van der Waals surface area contributed by atoms with Gasteiger partial charge in [-0.05, 0) is 26.2 Å². The third-order valence-electron chi connectivity index (χ3n) is 5.65. The second kappa shape index (κ2) is 8.44. The highest BCUT2D eigenvalue weighted by molar-refractivity contribution is 5.78. The molecule has 8 nitrogen and oxygen atoms in total. The molecule has 0 aliphatic carbocycles. The van der Waals surface area contributed by atoms with E-state index in [4.69, 9.17) is 14.6 Å². The molecule has 0 saturated carbocycles. The van der Waals surface area contributed by atoms with Gasteiger partial charge in [-0.3, -0.25) is 9.59 Å². The van der Waals surface area contributed by atoms with Gasteiger partial charge in [0.25, 0.3) is 6.47 Å². The number of aliphatic hydroxyl groups is 2. The Bertz CT molecular complexity index is 462. The quantitative estimate of drug-likeness (QED) is 0.593. The number of ether oxygens (including phenoxy) is 1. The molecule has 3 N–H and O–H groups in total. The molecule has 0 aromatic carbocycles. The van der Waals surface area contributed by atoms with Crippen molar-refractivity contribution in [2.45, 2.75) is 56.3 Å². The monoisotopic (exact) mass is 358 g/mol. The molecular weight excluding hydrogens is 328 g/mol. The number of amides is 1. The van der Waals surface area contributed by atoms with E-state index in [9.17, 15) is 15.0 Å². The molecule has 0 aromatic rings. The van der Waals surface area contributed by atoms with Crippen molar-refractivity contribution in [2.75, 3.05) is 39.3 Å². The number of hydrogen-bond acceptors (Lipinski definition) is 6. The molecule has 0 aromatic heterocycles. The molecule has 1 amide bonds. The van der Waals surface area contributed by atoms with Crippen LogP contribution in [0.15, 0.2) is 0 Å². The first-order valence-electron chi connectivity index (χ1n) is 8.97. The van der Waals surface area contributed by atoms with E-state index >= 15 is 0 Å². The minimum atomic E-state index is -1.05. The van der Waals surface area contributed by atoms with Crippen molar-refractivity contribution < 1.29 is 29.6 Å². The number of hydrogen-bond donors (Lipinski definition) is 3. The number of carboxylic acid groups (broad SMARTS) is 1. The molecule has 0 bridgehead atoms. The van der Waals surface area contributed by atoms with Crippen LogP contribution in [0.4, 0.5) is 0 Å². The molecule has 2 atom stereocenters. The van der Waals surface area contributed by atoms with Gasteiger partial charge >= 0.3 is 0 Å². The summed E-state index contributed by atoms with van der Waals surface area (Å²) >= 11 is 0. The van der Waals surface area contributed by atoms with E-state index in [0.29, 0.717) is 19.4 Å². The van der Waals surface area contributed by atoms with Crippen LogP contribution in [-0.2, 0) is 14.3 Å². The lowest BCUT2D eigenvalue weighted by Gasteiger charge is -2.51. The average molecular weight is 358 g/mol. The van der Waals surface area contributed by atoms with Gasteiger partial charge in [-0.15, -0.1) is 0 Å². The number of rotatable bonds is 3. The van der Waals surface area contributed by atoms with Crippen molar-refractivity contribution in [3.63, 3.8) is 0 Å². The Balaban J connectivity index is 0.000000701. The van der Waals surface area contributed by atoms with E-state index in [1.807, 2.05) is 4.90 Å². The van der Waals surface area contributed by atoms with E-state index < -0.39 is 17.3 Å². The Morgan fingerprint density at radius 1 is 1.24 bits per heavy atom.